The van der Waals surface area contributed by atoms with Crippen molar-refractivity contribution in [1.82, 2.24) is 25.4 Å². The van der Waals surface area contributed by atoms with Crippen molar-refractivity contribution in [2.45, 2.75) is 88.0 Å². The molecule has 1 saturated carbocycles. The smallest absolute Gasteiger partial charge is 0.244 e. The fraction of sp³-hybridized carbons (Fsp3) is 0.568. The lowest BCUT2D eigenvalue weighted by Gasteiger charge is -2.34. The SMILES string of the molecule is C#CC[C@H](O)[C@H](O)[C@H](CC1CCCCC1)NC(=O)[C@@H](NC(=O)[C@@H](CC(=O)N(C)CCN(C)CF)Cc1ccccc1)C(C#C)c1cscn1. The number of amides is 3. The Labute approximate surface area is 293 Å². The van der Waals surface area contributed by atoms with E-state index in [1.807, 2.05) is 30.3 Å². The van der Waals surface area contributed by atoms with E-state index in [-0.39, 0.29) is 37.6 Å². The molecule has 1 unspecified atom stereocenters. The summed E-state index contributed by atoms with van der Waals surface area (Å²) in [7, 11) is 3.21. The number of carbonyl (C=O) groups is 3. The van der Waals surface area contributed by atoms with Crippen molar-refractivity contribution in [3.05, 3.63) is 52.5 Å². The Balaban J connectivity index is 1.91. The molecule has 1 heterocycles. The minimum atomic E-state index is -1.35. The van der Waals surface area contributed by atoms with Gasteiger partial charge in [-0.25, -0.2) is 9.37 Å². The number of hydrogen-bond donors (Lipinski definition) is 4. The van der Waals surface area contributed by atoms with Crippen molar-refractivity contribution in [1.29, 1.82) is 0 Å². The minimum absolute atomic E-state index is 0.0993. The molecule has 0 aliphatic heterocycles. The van der Waals surface area contributed by atoms with Gasteiger partial charge in [0.1, 0.15) is 18.9 Å². The summed E-state index contributed by atoms with van der Waals surface area (Å²) in [4.78, 5) is 48.9. The second kappa shape index (κ2) is 20.6. The molecule has 266 valence electrons. The average molecular weight is 696 g/mol. The summed E-state index contributed by atoms with van der Waals surface area (Å²) in [5.74, 6) is 1.86. The normalized spacial score (nSPS) is 17.1. The Bertz CT molecular complexity index is 1390. The Hall–Kier alpha value is -3.81. The van der Waals surface area contributed by atoms with E-state index in [1.54, 1.807) is 25.0 Å². The highest BCUT2D eigenvalue weighted by molar-refractivity contribution is 7.07. The van der Waals surface area contributed by atoms with Crippen molar-refractivity contribution in [2.75, 3.05) is 34.0 Å². The number of nitrogens with one attached hydrogen (secondary N) is 2. The van der Waals surface area contributed by atoms with Crippen LogP contribution in [-0.2, 0) is 20.8 Å². The van der Waals surface area contributed by atoms with Gasteiger partial charge >= 0.3 is 0 Å². The van der Waals surface area contributed by atoms with E-state index >= 15 is 0 Å². The zero-order valence-electron chi connectivity index (χ0n) is 28.5. The molecule has 49 heavy (non-hydrogen) atoms. The molecule has 10 nitrogen and oxygen atoms in total. The first kappa shape index (κ1) is 39.6. The molecule has 1 aromatic heterocycles. The number of likely N-dealkylation sites (N-methyl/N-ethyl adjacent to an activating group) is 2. The highest BCUT2D eigenvalue weighted by Gasteiger charge is 2.37. The highest BCUT2D eigenvalue weighted by atomic mass is 32.1. The zero-order valence-corrected chi connectivity index (χ0v) is 29.3. The Morgan fingerprint density at radius 1 is 1.06 bits per heavy atom. The summed E-state index contributed by atoms with van der Waals surface area (Å²) in [5.41, 5.74) is 2.81. The van der Waals surface area contributed by atoms with Crippen molar-refractivity contribution in [2.24, 2.45) is 11.8 Å². The van der Waals surface area contributed by atoms with Crippen LogP contribution in [0.1, 0.15) is 68.5 Å². The van der Waals surface area contributed by atoms with Crippen LogP contribution in [0.5, 0.6) is 0 Å². The average Bonchev–Trinajstić information content (AvgIpc) is 3.65. The molecule has 1 aromatic carbocycles. The van der Waals surface area contributed by atoms with Gasteiger partial charge in [-0.1, -0.05) is 68.4 Å². The van der Waals surface area contributed by atoms with Gasteiger partial charge in [-0.15, -0.1) is 30.1 Å². The standard InChI is InChI=1S/C37H50FN5O5S/c1-5-13-32(44)35(46)30(21-27-16-11-8-12-17-27)40-37(48)34(29(6-2)31-23-49-25-39-31)41-36(47)28(20-26-14-9-7-10-15-26)22-33(45)43(4)19-18-42(3)24-38/h1-2,7,9-10,14-15,23,25,27-30,32,34-35,44,46H,8,11-13,16-22,24H2,3-4H3,(H,40,48)(H,41,47)/t28-,29?,30+,32+,34+,35-/m1/s1. The van der Waals surface area contributed by atoms with Crippen molar-refractivity contribution in [3.8, 4) is 24.7 Å². The quantitative estimate of drug-likeness (QED) is 0.131. The van der Waals surface area contributed by atoms with E-state index in [0.717, 1.165) is 37.7 Å². The number of halogens is 1. The fourth-order valence-corrected chi connectivity index (χ4v) is 6.77. The fourth-order valence-electron chi connectivity index (χ4n) is 6.18. The van der Waals surface area contributed by atoms with E-state index in [4.69, 9.17) is 12.8 Å². The van der Waals surface area contributed by atoms with Crippen LogP contribution in [0.4, 0.5) is 4.39 Å². The van der Waals surface area contributed by atoms with Crippen LogP contribution in [-0.4, -0.2) is 101 Å². The molecule has 0 saturated heterocycles. The Kier molecular flexibility index (Phi) is 16.7. The molecule has 1 fully saturated rings. The van der Waals surface area contributed by atoms with Crippen LogP contribution in [0.15, 0.2) is 41.2 Å². The summed E-state index contributed by atoms with van der Waals surface area (Å²) in [6, 6.07) is 7.07. The lowest BCUT2D eigenvalue weighted by atomic mass is 9.82. The van der Waals surface area contributed by atoms with Gasteiger partial charge in [0.25, 0.3) is 0 Å². The number of aliphatic hydroxyl groups excluding tert-OH is 2. The number of terminal acetylenes is 2. The minimum Gasteiger partial charge on any atom is -0.389 e. The van der Waals surface area contributed by atoms with Crippen LogP contribution in [0.2, 0.25) is 0 Å². The van der Waals surface area contributed by atoms with Crippen LogP contribution in [0.25, 0.3) is 0 Å². The van der Waals surface area contributed by atoms with Gasteiger partial charge in [0.05, 0.1) is 35.2 Å². The summed E-state index contributed by atoms with van der Waals surface area (Å²) in [6.45, 7) is -0.0671. The lowest BCUT2D eigenvalue weighted by molar-refractivity contribution is -0.137. The first-order valence-electron chi connectivity index (χ1n) is 16.8. The van der Waals surface area contributed by atoms with E-state index in [2.05, 4.69) is 27.5 Å². The first-order valence-corrected chi connectivity index (χ1v) is 17.8. The lowest BCUT2D eigenvalue weighted by Crippen LogP contribution is -2.57. The van der Waals surface area contributed by atoms with Crippen molar-refractivity contribution < 1.29 is 29.0 Å². The molecular weight excluding hydrogens is 646 g/mol. The highest BCUT2D eigenvalue weighted by Crippen LogP contribution is 2.29. The predicted molar refractivity (Wildman–Crippen MR) is 189 cm³/mol. The Morgan fingerprint density at radius 2 is 1.78 bits per heavy atom. The number of alkyl halides is 1. The topological polar surface area (TPSA) is 135 Å². The number of thiazole rings is 1. The third-order valence-corrected chi connectivity index (χ3v) is 9.80. The van der Waals surface area contributed by atoms with Crippen LogP contribution in [0.3, 0.4) is 0 Å². The van der Waals surface area contributed by atoms with Gasteiger partial charge in [-0.3, -0.25) is 19.3 Å². The second-order valence-electron chi connectivity index (χ2n) is 13.0. The first-order chi connectivity index (χ1) is 23.6. The molecule has 3 rings (SSSR count). The maximum absolute atomic E-state index is 14.2. The molecule has 6 atom stereocenters. The molecule has 12 heteroatoms. The maximum atomic E-state index is 14.2. The van der Waals surface area contributed by atoms with Crippen LogP contribution in [0, 0.1) is 36.5 Å². The molecular formula is C37H50FN5O5S. The van der Waals surface area contributed by atoms with Crippen molar-refractivity contribution >= 4 is 29.1 Å². The summed E-state index contributed by atoms with van der Waals surface area (Å²) in [5, 5.41) is 29.3. The number of rotatable bonds is 19. The number of benzene rings is 1. The van der Waals surface area contributed by atoms with Gasteiger partial charge < -0.3 is 25.7 Å². The number of nitrogens with zero attached hydrogens (tertiary/aromatic N) is 3. The molecule has 2 aromatic rings. The number of carbonyl (C=O) groups excluding carboxylic acids is 3. The maximum Gasteiger partial charge on any atom is 0.244 e. The Morgan fingerprint density at radius 3 is 2.39 bits per heavy atom. The van der Waals surface area contributed by atoms with Gasteiger partial charge in [-0.2, -0.15) is 0 Å². The zero-order chi connectivity index (χ0) is 35.8. The van der Waals surface area contributed by atoms with E-state index in [1.165, 1.54) is 21.1 Å². The van der Waals surface area contributed by atoms with Gasteiger partial charge in [0, 0.05) is 38.4 Å². The van der Waals surface area contributed by atoms with E-state index in [9.17, 15) is 29.0 Å². The van der Waals surface area contributed by atoms with Crippen molar-refractivity contribution in [3.63, 3.8) is 0 Å². The summed E-state index contributed by atoms with van der Waals surface area (Å²) < 4.78 is 13.0. The van der Waals surface area contributed by atoms with Crippen LogP contribution < -0.4 is 10.6 Å². The number of aliphatic hydroxyl groups is 2. The van der Waals surface area contributed by atoms with E-state index < -0.39 is 54.7 Å². The molecule has 3 amide bonds. The van der Waals surface area contributed by atoms with Crippen LogP contribution >= 0.6 is 11.3 Å². The second-order valence-corrected chi connectivity index (χ2v) is 13.7. The van der Waals surface area contributed by atoms with Gasteiger partial charge in [-0.05, 0) is 31.4 Å². The third-order valence-electron chi connectivity index (χ3n) is 9.20. The predicted octanol–water partition coefficient (Wildman–Crippen LogP) is 3.11. The molecule has 4 N–H and O–H groups in total. The summed E-state index contributed by atoms with van der Waals surface area (Å²) >= 11 is 1.29. The van der Waals surface area contributed by atoms with Gasteiger partial charge in [0.2, 0.25) is 17.7 Å². The number of hydrogen-bond acceptors (Lipinski definition) is 8. The molecule has 0 bridgehead atoms. The number of aromatic nitrogens is 1. The molecule has 0 spiro atoms. The largest absolute Gasteiger partial charge is 0.389 e. The third kappa shape index (κ3) is 12.5. The van der Waals surface area contributed by atoms with E-state index in [0.29, 0.717) is 18.7 Å². The monoisotopic (exact) mass is 695 g/mol. The van der Waals surface area contributed by atoms with Gasteiger partial charge in [0.15, 0.2) is 0 Å². The molecule has 1 aliphatic rings. The summed E-state index contributed by atoms with van der Waals surface area (Å²) in [6.07, 6.45) is 14.2. The molecule has 1 aliphatic carbocycles. The molecule has 0 radical (unpaired) electrons.